The van der Waals surface area contributed by atoms with Crippen molar-refractivity contribution in [3.8, 4) is 0 Å². The van der Waals surface area contributed by atoms with Crippen molar-refractivity contribution in [2.45, 2.75) is 83.2 Å². The van der Waals surface area contributed by atoms with Gasteiger partial charge in [-0.25, -0.2) is 0 Å². The van der Waals surface area contributed by atoms with Crippen LogP contribution in [-0.2, 0) is 0 Å². The summed E-state index contributed by atoms with van der Waals surface area (Å²) in [6.07, 6.45) is 12.6. The molecule has 0 heterocycles. The van der Waals surface area contributed by atoms with Gasteiger partial charge in [0.15, 0.2) is 0 Å². The van der Waals surface area contributed by atoms with Crippen LogP contribution in [0.4, 0.5) is 0 Å². The number of hydrogen-bond donors (Lipinski definition) is 1. The van der Waals surface area contributed by atoms with Crippen LogP contribution in [0, 0.1) is 5.92 Å². The fourth-order valence-corrected chi connectivity index (χ4v) is 4.50. The lowest BCUT2D eigenvalue weighted by molar-refractivity contribution is 0.0363. The van der Waals surface area contributed by atoms with E-state index in [1.165, 1.54) is 64.3 Å². The van der Waals surface area contributed by atoms with Gasteiger partial charge >= 0.3 is 0 Å². The van der Waals surface area contributed by atoms with Crippen molar-refractivity contribution in [2.75, 3.05) is 13.1 Å². The van der Waals surface area contributed by atoms with E-state index in [0.717, 1.165) is 18.5 Å². The normalized spacial score (nSPS) is 34.3. The summed E-state index contributed by atoms with van der Waals surface area (Å²) in [5, 5.41) is 0. The molecule has 0 amide bonds. The van der Waals surface area contributed by atoms with Gasteiger partial charge in [-0.3, -0.25) is 4.90 Å². The van der Waals surface area contributed by atoms with Crippen LogP contribution in [0.25, 0.3) is 0 Å². The quantitative estimate of drug-likeness (QED) is 0.811. The second kappa shape index (κ2) is 6.38. The number of likely N-dealkylation sites (N-methyl/N-ethyl adjacent to an activating group) is 1. The summed E-state index contributed by atoms with van der Waals surface area (Å²) in [7, 11) is 0. The molecule has 2 nitrogen and oxygen atoms in total. The van der Waals surface area contributed by atoms with Gasteiger partial charge < -0.3 is 5.73 Å². The van der Waals surface area contributed by atoms with E-state index in [9.17, 15) is 0 Å². The summed E-state index contributed by atoms with van der Waals surface area (Å²) in [5.74, 6) is 0.922. The molecule has 18 heavy (non-hydrogen) atoms. The Balaban J connectivity index is 2.08. The minimum Gasteiger partial charge on any atom is -0.329 e. The maximum atomic E-state index is 6.23. The van der Waals surface area contributed by atoms with E-state index in [-0.39, 0.29) is 0 Å². The molecule has 0 bridgehead atoms. The first kappa shape index (κ1) is 14.3. The van der Waals surface area contributed by atoms with Crippen LogP contribution < -0.4 is 5.73 Å². The van der Waals surface area contributed by atoms with E-state index in [2.05, 4.69) is 18.7 Å². The number of nitrogens with two attached hydrogens (primary N) is 1. The summed E-state index contributed by atoms with van der Waals surface area (Å²) in [5.41, 5.74) is 6.57. The summed E-state index contributed by atoms with van der Waals surface area (Å²) in [6.45, 7) is 6.74. The largest absolute Gasteiger partial charge is 0.329 e. The third kappa shape index (κ3) is 2.75. The molecule has 2 N–H and O–H groups in total. The molecule has 2 saturated carbocycles. The van der Waals surface area contributed by atoms with Crippen molar-refractivity contribution < 1.29 is 0 Å². The van der Waals surface area contributed by atoms with Crippen LogP contribution in [0.3, 0.4) is 0 Å². The van der Waals surface area contributed by atoms with E-state index in [0.29, 0.717) is 5.54 Å². The molecule has 0 saturated heterocycles. The average molecular weight is 252 g/mol. The van der Waals surface area contributed by atoms with Crippen molar-refractivity contribution in [2.24, 2.45) is 11.7 Å². The molecule has 106 valence electrons. The topological polar surface area (TPSA) is 29.3 Å². The standard InChI is InChI=1S/C16H32N2/c1-3-14-10-11-16(12-14,13-17)18(4-2)15-8-6-5-7-9-15/h14-15H,3-13,17H2,1-2H3. The van der Waals surface area contributed by atoms with Crippen molar-refractivity contribution in [3.05, 3.63) is 0 Å². The van der Waals surface area contributed by atoms with Crippen LogP contribution in [-0.4, -0.2) is 29.6 Å². The van der Waals surface area contributed by atoms with Crippen LogP contribution >= 0.6 is 0 Å². The summed E-state index contributed by atoms with van der Waals surface area (Å²) < 4.78 is 0. The van der Waals surface area contributed by atoms with Crippen LogP contribution in [0.2, 0.25) is 0 Å². The van der Waals surface area contributed by atoms with E-state index in [4.69, 9.17) is 5.73 Å². The molecule has 2 rings (SSSR count). The maximum Gasteiger partial charge on any atom is 0.0337 e. The van der Waals surface area contributed by atoms with Crippen molar-refractivity contribution >= 4 is 0 Å². The Morgan fingerprint density at radius 2 is 1.83 bits per heavy atom. The molecular formula is C16H32N2. The second-order valence-corrected chi connectivity index (χ2v) is 6.52. The minimum atomic E-state index is 0.345. The third-order valence-corrected chi connectivity index (χ3v) is 5.61. The Labute approximate surface area is 113 Å². The predicted molar refractivity (Wildman–Crippen MR) is 78.7 cm³/mol. The Hall–Kier alpha value is -0.0800. The Morgan fingerprint density at radius 3 is 2.33 bits per heavy atom. The lowest BCUT2D eigenvalue weighted by Crippen LogP contribution is -2.56. The summed E-state index contributed by atoms with van der Waals surface area (Å²) >= 11 is 0. The fourth-order valence-electron chi connectivity index (χ4n) is 4.50. The SMILES string of the molecule is CCC1CCC(CN)(N(CC)C2CCCCC2)C1. The highest BCUT2D eigenvalue weighted by Crippen LogP contribution is 2.42. The van der Waals surface area contributed by atoms with Gasteiger partial charge in [0.25, 0.3) is 0 Å². The smallest absolute Gasteiger partial charge is 0.0337 e. The molecule has 0 radical (unpaired) electrons. The van der Waals surface area contributed by atoms with E-state index in [1.54, 1.807) is 0 Å². The van der Waals surface area contributed by atoms with Gasteiger partial charge in [-0.15, -0.1) is 0 Å². The first-order valence-corrected chi connectivity index (χ1v) is 8.22. The molecular weight excluding hydrogens is 220 g/mol. The zero-order chi connectivity index (χ0) is 13.0. The maximum absolute atomic E-state index is 6.23. The van der Waals surface area contributed by atoms with Crippen molar-refractivity contribution in [1.29, 1.82) is 0 Å². The fraction of sp³-hybridized carbons (Fsp3) is 1.00. The lowest BCUT2D eigenvalue weighted by atomic mass is 9.86. The van der Waals surface area contributed by atoms with Crippen LogP contribution in [0.15, 0.2) is 0 Å². The molecule has 0 aromatic rings. The Bertz CT molecular complexity index is 247. The van der Waals surface area contributed by atoms with Crippen molar-refractivity contribution in [3.63, 3.8) is 0 Å². The molecule has 2 heteroatoms. The first-order chi connectivity index (χ1) is 8.75. The number of nitrogens with zero attached hydrogens (tertiary/aromatic N) is 1. The highest BCUT2D eigenvalue weighted by atomic mass is 15.2. The molecule has 2 unspecified atom stereocenters. The zero-order valence-corrected chi connectivity index (χ0v) is 12.5. The monoisotopic (exact) mass is 252 g/mol. The molecule has 2 atom stereocenters. The third-order valence-electron chi connectivity index (χ3n) is 5.61. The van der Waals surface area contributed by atoms with Gasteiger partial charge in [-0.2, -0.15) is 0 Å². The highest BCUT2D eigenvalue weighted by molar-refractivity contribution is 5.00. The highest BCUT2D eigenvalue weighted by Gasteiger charge is 2.43. The van der Waals surface area contributed by atoms with E-state index < -0.39 is 0 Å². The lowest BCUT2D eigenvalue weighted by Gasteiger charge is -2.46. The second-order valence-electron chi connectivity index (χ2n) is 6.52. The van der Waals surface area contributed by atoms with Gasteiger partial charge in [0.1, 0.15) is 0 Å². The zero-order valence-electron chi connectivity index (χ0n) is 12.5. The summed E-state index contributed by atoms with van der Waals surface area (Å²) in [4.78, 5) is 2.81. The van der Waals surface area contributed by atoms with Gasteiger partial charge in [-0.1, -0.05) is 39.5 Å². The Kier molecular flexibility index (Phi) is 5.08. The van der Waals surface area contributed by atoms with Crippen LogP contribution in [0.1, 0.15) is 71.6 Å². The molecule has 0 spiro atoms. The molecule has 0 aromatic heterocycles. The minimum absolute atomic E-state index is 0.345. The van der Waals surface area contributed by atoms with E-state index >= 15 is 0 Å². The number of rotatable bonds is 5. The molecule has 0 aliphatic heterocycles. The van der Waals surface area contributed by atoms with Gasteiger partial charge in [0.2, 0.25) is 0 Å². The first-order valence-electron chi connectivity index (χ1n) is 8.22. The molecule has 2 fully saturated rings. The average Bonchev–Trinajstić information content (AvgIpc) is 2.86. The van der Waals surface area contributed by atoms with Crippen LogP contribution in [0.5, 0.6) is 0 Å². The Morgan fingerprint density at radius 1 is 1.11 bits per heavy atom. The van der Waals surface area contributed by atoms with Crippen molar-refractivity contribution in [1.82, 2.24) is 4.90 Å². The predicted octanol–water partition coefficient (Wildman–Crippen LogP) is 3.55. The van der Waals surface area contributed by atoms with Gasteiger partial charge in [-0.05, 0) is 44.6 Å². The van der Waals surface area contributed by atoms with E-state index in [1.807, 2.05) is 0 Å². The molecule has 0 aromatic carbocycles. The van der Waals surface area contributed by atoms with Gasteiger partial charge in [0.05, 0.1) is 0 Å². The molecule has 2 aliphatic carbocycles. The van der Waals surface area contributed by atoms with Gasteiger partial charge in [0, 0.05) is 18.1 Å². The molecule has 2 aliphatic rings. The summed E-state index contributed by atoms with van der Waals surface area (Å²) in [6, 6.07) is 0.822. The number of hydrogen-bond acceptors (Lipinski definition) is 2.